The van der Waals surface area contributed by atoms with Gasteiger partial charge >= 0.3 is 0 Å². The van der Waals surface area contributed by atoms with Crippen LogP contribution in [0.3, 0.4) is 0 Å². The number of nitrogens with zero attached hydrogens (tertiary/aromatic N) is 2. The zero-order valence-electron chi connectivity index (χ0n) is 12.4. The van der Waals surface area contributed by atoms with Crippen molar-refractivity contribution in [3.63, 3.8) is 0 Å². The molecule has 21 heavy (non-hydrogen) atoms. The van der Waals surface area contributed by atoms with Crippen molar-refractivity contribution < 1.29 is 0 Å². The van der Waals surface area contributed by atoms with Gasteiger partial charge in [-0.05, 0) is 42.8 Å². The summed E-state index contributed by atoms with van der Waals surface area (Å²) in [5, 5.41) is 5.96. The molecule has 1 heterocycles. The first-order chi connectivity index (χ1) is 10.3. The van der Waals surface area contributed by atoms with E-state index in [1.165, 1.54) is 16.3 Å². The predicted octanol–water partition coefficient (Wildman–Crippen LogP) is 3.44. The maximum Gasteiger partial charge on any atom is 0.125 e. The largest absolute Gasteiger partial charge is 0.311 e. The zero-order chi connectivity index (χ0) is 14.7. The molecule has 0 bridgehead atoms. The smallest absolute Gasteiger partial charge is 0.125 e. The van der Waals surface area contributed by atoms with Crippen LogP contribution in [0.25, 0.3) is 10.8 Å². The molecule has 0 aliphatic rings. The summed E-state index contributed by atoms with van der Waals surface area (Å²) in [7, 11) is 1.98. The Labute approximate surface area is 125 Å². The Bertz CT molecular complexity index is 747. The molecule has 3 aromatic rings. The fourth-order valence-corrected chi connectivity index (χ4v) is 2.71. The van der Waals surface area contributed by atoms with Crippen LogP contribution >= 0.6 is 0 Å². The number of rotatable bonds is 4. The number of hydrogen-bond acceptors (Lipinski definition) is 3. The topological polar surface area (TPSA) is 37.8 Å². The van der Waals surface area contributed by atoms with Crippen LogP contribution in [0, 0.1) is 6.92 Å². The van der Waals surface area contributed by atoms with E-state index in [0.717, 1.165) is 17.9 Å². The number of benzene rings is 2. The third-order valence-electron chi connectivity index (χ3n) is 3.81. The Morgan fingerprint density at radius 1 is 1.05 bits per heavy atom. The minimum atomic E-state index is 0.192. The molecule has 0 saturated carbocycles. The van der Waals surface area contributed by atoms with Crippen LogP contribution < -0.4 is 5.32 Å². The van der Waals surface area contributed by atoms with Crippen LogP contribution in [-0.4, -0.2) is 17.0 Å². The van der Waals surface area contributed by atoms with Gasteiger partial charge in [0.2, 0.25) is 0 Å². The van der Waals surface area contributed by atoms with Crippen LogP contribution in [0.4, 0.5) is 0 Å². The lowest BCUT2D eigenvalue weighted by Gasteiger charge is -2.17. The van der Waals surface area contributed by atoms with E-state index in [2.05, 4.69) is 57.7 Å². The molecule has 106 valence electrons. The molecule has 3 rings (SSSR count). The second kappa shape index (κ2) is 6.02. The molecule has 2 aromatic carbocycles. The van der Waals surface area contributed by atoms with Gasteiger partial charge in [0.25, 0.3) is 0 Å². The maximum atomic E-state index is 4.55. The number of hydrogen-bond donors (Lipinski definition) is 1. The van der Waals surface area contributed by atoms with Crippen LogP contribution in [0.15, 0.2) is 54.7 Å². The molecule has 0 aliphatic carbocycles. The lowest BCUT2D eigenvalue weighted by atomic mass is 9.97. The van der Waals surface area contributed by atoms with Crippen LogP contribution in [-0.2, 0) is 6.42 Å². The van der Waals surface area contributed by atoms with Gasteiger partial charge in [-0.3, -0.25) is 0 Å². The monoisotopic (exact) mass is 277 g/mol. The van der Waals surface area contributed by atoms with E-state index >= 15 is 0 Å². The van der Waals surface area contributed by atoms with E-state index in [9.17, 15) is 0 Å². The van der Waals surface area contributed by atoms with Gasteiger partial charge in [0.1, 0.15) is 5.82 Å². The van der Waals surface area contributed by atoms with Crippen LogP contribution in [0.1, 0.15) is 23.1 Å². The Kier molecular flexibility index (Phi) is 3.93. The van der Waals surface area contributed by atoms with E-state index < -0.39 is 0 Å². The fourth-order valence-electron chi connectivity index (χ4n) is 2.71. The Balaban J connectivity index is 1.96. The summed E-state index contributed by atoms with van der Waals surface area (Å²) in [6.45, 7) is 1.92. The van der Waals surface area contributed by atoms with Crippen molar-refractivity contribution in [2.45, 2.75) is 19.4 Å². The second-order valence-electron chi connectivity index (χ2n) is 5.21. The minimum Gasteiger partial charge on any atom is -0.311 e. The second-order valence-corrected chi connectivity index (χ2v) is 5.21. The first kappa shape index (κ1) is 13.7. The van der Waals surface area contributed by atoms with Crippen molar-refractivity contribution >= 4 is 10.8 Å². The van der Waals surface area contributed by atoms with Gasteiger partial charge < -0.3 is 5.32 Å². The highest BCUT2D eigenvalue weighted by atomic mass is 14.9. The summed E-state index contributed by atoms with van der Waals surface area (Å²) < 4.78 is 0. The first-order valence-electron chi connectivity index (χ1n) is 7.21. The van der Waals surface area contributed by atoms with E-state index in [-0.39, 0.29) is 6.04 Å². The summed E-state index contributed by atoms with van der Waals surface area (Å²) in [4.78, 5) is 8.72. The average molecular weight is 277 g/mol. The number of aromatic nitrogens is 2. The maximum absolute atomic E-state index is 4.55. The van der Waals surface area contributed by atoms with Gasteiger partial charge in [-0.2, -0.15) is 0 Å². The summed E-state index contributed by atoms with van der Waals surface area (Å²) in [5.41, 5.74) is 2.38. The van der Waals surface area contributed by atoms with Crippen molar-refractivity contribution in [2.75, 3.05) is 7.05 Å². The van der Waals surface area contributed by atoms with Crippen molar-refractivity contribution in [1.82, 2.24) is 15.3 Å². The number of fused-ring (bicyclic) bond motifs is 1. The highest BCUT2D eigenvalue weighted by Gasteiger charge is 2.13. The molecule has 3 heteroatoms. The molecular weight excluding hydrogens is 258 g/mol. The highest BCUT2D eigenvalue weighted by molar-refractivity contribution is 5.85. The van der Waals surface area contributed by atoms with Crippen molar-refractivity contribution in [3.8, 4) is 0 Å². The predicted molar refractivity (Wildman–Crippen MR) is 86.2 cm³/mol. The van der Waals surface area contributed by atoms with Crippen molar-refractivity contribution in [3.05, 3.63) is 71.8 Å². The molecule has 0 radical (unpaired) electrons. The lowest BCUT2D eigenvalue weighted by molar-refractivity contribution is 0.574. The van der Waals surface area contributed by atoms with Gasteiger partial charge in [0.05, 0.1) is 11.7 Å². The SMILES string of the molecule is CNC(Cc1cccc2ccccc12)c1ccnc(C)n1. The van der Waals surface area contributed by atoms with Crippen LogP contribution in [0.5, 0.6) is 0 Å². The molecule has 0 spiro atoms. The summed E-state index contributed by atoms with van der Waals surface area (Å²) >= 11 is 0. The van der Waals surface area contributed by atoms with E-state index in [4.69, 9.17) is 0 Å². The van der Waals surface area contributed by atoms with E-state index in [1.807, 2.05) is 26.2 Å². The van der Waals surface area contributed by atoms with E-state index in [0.29, 0.717) is 0 Å². The first-order valence-corrected chi connectivity index (χ1v) is 7.21. The molecule has 3 nitrogen and oxygen atoms in total. The van der Waals surface area contributed by atoms with E-state index in [1.54, 1.807) is 0 Å². The molecule has 1 atom stereocenters. The number of nitrogens with one attached hydrogen (secondary N) is 1. The van der Waals surface area contributed by atoms with Gasteiger partial charge in [-0.15, -0.1) is 0 Å². The van der Waals surface area contributed by atoms with Crippen molar-refractivity contribution in [1.29, 1.82) is 0 Å². The Morgan fingerprint density at radius 2 is 1.86 bits per heavy atom. The summed E-state index contributed by atoms with van der Waals surface area (Å²) in [6.07, 6.45) is 2.74. The molecular formula is C18H19N3. The van der Waals surface area contributed by atoms with Gasteiger partial charge in [0, 0.05) is 6.20 Å². The summed E-state index contributed by atoms with van der Waals surface area (Å²) in [6, 6.07) is 17.2. The summed E-state index contributed by atoms with van der Waals surface area (Å²) in [5.74, 6) is 0.811. The third kappa shape index (κ3) is 2.93. The van der Waals surface area contributed by atoms with Crippen molar-refractivity contribution in [2.24, 2.45) is 0 Å². The standard InChI is InChI=1S/C18H19N3/c1-13-20-11-10-17(21-13)18(19-2)12-15-8-5-7-14-6-3-4-9-16(14)15/h3-11,18-19H,12H2,1-2H3. The zero-order valence-corrected chi connectivity index (χ0v) is 12.4. The number of likely N-dealkylation sites (N-methyl/N-ethyl adjacent to an activating group) is 1. The normalized spacial score (nSPS) is 12.5. The molecule has 0 aliphatic heterocycles. The molecule has 1 unspecified atom stereocenters. The highest BCUT2D eigenvalue weighted by Crippen LogP contribution is 2.23. The molecule has 0 fully saturated rings. The quantitative estimate of drug-likeness (QED) is 0.794. The van der Waals surface area contributed by atoms with Gasteiger partial charge in [-0.1, -0.05) is 42.5 Å². The number of aryl methyl sites for hydroxylation is 1. The molecule has 1 aromatic heterocycles. The molecule has 0 saturated heterocycles. The lowest BCUT2D eigenvalue weighted by Crippen LogP contribution is -2.20. The molecule has 0 amide bonds. The minimum absolute atomic E-state index is 0.192. The molecule has 1 N–H and O–H groups in total. The third-order valence-corrected chi connectivity index (χ3v) is 3.81. The van der Waals surface area contributed by atoms with Crippen LogP contribution in [0.2, 0.25) is 0 Å². The Morgan fingerprint density at radius 3 is 2.67 bits per heavy atom. The Hall–Kier alpha value is -2.26. The average Bonchev–Trinajstić information content (AvgIpc) is 2.52. The van der Waals surface area contributed by atoms with Gasteiger partial charge in [-0.25, -0.2) is 9.97 Å². The fraction of sp³-hybridized carbons (Fsp3) is 0.222. The van der Waals surface area contributed by atoms with Gasteiger partial charge in [0.15, 0.2) is 0 Å².